The molecule has 0 aliphatic heterocycles. The molecule has 1 atom stereocenters. The summed E-state index contributed by atoms with van der Waals surface area (Å²) >= 11 is 0. The van der Waals surface area contributed by atoms with Crippen LogP contribution in [-0.2, 0) is 11.3 Å². The van der Waals surface area contributed by atoms with E-state index in [-0.39, 0.29) is 11.6 Å². The first-order chi connectivity index (χ1) is 13.6. The highest BCUT2D eigenvalue weighted by molar-refractivity contribution is 6.04. The van der Waals surface area contributed by atoms with E-state index < -0.39 is 5.91 Å². The first-order valence-corrected chi connectivity index (χ1v) is 9.06. The van der Waals surface area contributed by atoms with Gasteiger partial charge in [-0.15, -0.1) is 0 Å². The summed E-state index contributed by atoms with van der Waals surface area (Å²) < 4.78 is 1.98. The third-order valence-electron chi connectivity index (χ3n) is 4.60. The van der Waals surface area contributed by atoms with Crippen molar-refractivity contribution in [2.45, 2.75) is 25.9 Å². The van der Waals surface area contributed by atoms with Gasteiger partial charge in [-0.05, 0) is 24.6 Å². The van der Waals surface area contributed by atoms with E-state index in [1.54, 1.807) is 6.08 Å². The van der Waals surface area contributed by atoms with Crippen LogP contribution in [0.3, 0.4) is 0 Å². The molecular weight excluding hydrogens is 348 g/mol. The van der Waals surface area contributed by atoms with Gasteiger partial charge in [0.15, 0.2) is 0 Å². The highest BCUT2D eigenvalue weighted by atomic mass is 16.1. The topological polar surface area (TPSA) is 81.6 Å². The summed E-state index contributed by atoms with van der Waals surface area (Å²) in [5.41, 5.74) is 2.78. The van der Waals surface area contributed by atoms with Crippen molar-refractivity contribution in [1.29, 1.82) is 10.5 Å². The summed E-state index contributed by atoms with van der Waals surface area (Å²) in [5.74, 6) is -0.410. The van der Waals surface area contributed by atoms with Crippen LogP contribution in [0.5, 0.6) is 0 Å². The lowest BCUT2D eigenvalue weighted by Gasteiger charge is -2.13. The van der Waals surface area contributed by atoms with Crippen molar-refractivity contribution in [2.75, 3.05) is 0 Å². The zero-order valence-corrected chi connectivity index (χ0v) is 15.6. The number of nitrogens with one attached hydrogen (secondary N) is 1. The number of carbonyl (C=O) groups is 1. The molecule has 3 rings (SSSR count). The SMILES string of the molecule is C[C@H](NC(=O)/C(C#N)=C/c1cn(CCC#N)c2ccccc12)c1ccccc1. The lowest BCUT2D eigenvalue weighted by molar-refractivity contribution is -0.117. The molecule has 0 saturated carbocycles. The molecule has 2 aromatic carbocycles. The average Bonchev–Trinajstić information content (AvgIpc) is 3.08. The van der Waals surface area contributed by atoms with Crippen LogP contribution < -0.4 is 5.32 Å². The van der Waals surface area contributed by atoms with Crippen LogP contribution in [0.1, 0.15) is 30.5 Å². The Bertz CT molecular complexity index is 1100. The Morgan fingerprint density at radius 1 is 1.14 bits per heavy atom. The molecule has 0 saturated heterocycles. The number of nitrogens with zero attached hydrogens (tertiary/aromatic N) is 3. The fourth-order valence-corrected chi connectivity index (χ4v) is 3.15. The van der Waals surface area contributed by atoms with Crippen molar-refractivity contribution in [3.63, 3.8) is 0 Å². The maximum atomic E-state index is 12.6. The average molecular weight is 368 g/mol. The van der Waals surface area contributed by atoms with Crippen LogP contribution >= 0.6 is 0 Å². The lowest BCUT2D eigenvalue weighted by Crippen LogP contribution is -2.27. The predicted octanol–water partition coefficient (Wildman–Crippen LogP) is 4.34. The Hall–Kier alpha value is -3.83. The minimum absolute atomic E-state index is 0.0472. The standard InChI is InChI=1S/C23H20N4O/c1-17(18-8-3-2-4-9-18)26-23(28)19(15-25)14-20-16-27(13-7-12-24)22-11-6-5-10-21(20)22/h2-6,8-11,14,16-17H,7,13H2,1H3,(H,26,28)/b19-14+/t17-/m0/s1. The maximum absolute atomic E-state index is 12.6. The van der Waals surface area contributed by atoms with Gasteiger partial charge >= 0.3 is 0 Å². The molecular formula is C23H20N4O. The Labute approximate surface area is 164 Å². The molecule has 1 heterocycles. The Kier molecular flexibility index (Phi) is 5.89. The predicted molar refractivity (Wildman–Crippen MR) is 109 cm³/mol. The number of rotatable bonds is 6. The highest BCUT2D eigenvalue weighted by Crippen LogP contribution is 2.24. The first-order valence-electron chi connectivity index (χ1n) is 9.06. The van der Waals surface area contributed by atoms with Gasteiger partial charge in [0.2, 0.25) is 0 Å². The second-order valence-corrected chi connectivity index (χ2v) is 6.48. The van der Waals surface area contributed by atoms with Crippen molar-refractivity contribution in [2.24, 2.45) is 0 Å². The summed E-state index contributed by atoms with van der Waals surface area (Å²) in [6.45, 7) is 2.44. The van der Waals surface area contributed by atoms with E-state index in [1.165, 1.54) is 0 Å². The number of nitriles is 2. The fourth-order valence-electron chi connectivity index (χ4n) is 3.15. The number of aryl methyl sites for hydroxylation is 1. The smallest absolute Gasteiger partial charge is 0.262 e. The molecule has 0 aliphatic rings. The summed E-state index contributed by atoms with van der Waals surface area (Å²) in [5, 5.41) is 22.2. The van der Waals surface area contributed by atoms with Crippen LogP contribution in [0.15, 0.2) is 66.4 Å². The molecule has 3 aromatic rings. The van der Waals surface area contributed by atoms with Crippen LogP contribution in [0.25, 0.3) is 17.0 Å². The second kappa shape index (κ2) is 8.70. The van der Waals surface area contributed by atoms with Crippen molar-refractivity contribution in [3.05, 3.63) is 77.5 Å². The van der Waals surface area contributed by atoms with Gasteiger partial charge < -0.3 is 9.88 Å². The molecule has 1 N–H and O–H groups in total. The van der Waals surface area contributed by atoms with E-state index in [1.807, 2.05) is 78.4 Å². The number of benzene rings is 2. The van der Waals surface area contributed by atoms with Crippen molar-refractivity contribution in [3.8, 4) is 12.1 Å². The Morgan fingerprint density at radius 3 is 2.57 bits per heavy atom. The van der Waals surface area contributed by atoms with Gasteiger partial charge in [0.1, 0.15) is 11.6 Å². The second-order valence-electron chi connectivity index (χ2n) is 6.48. The minimum atomic E-state index is -0.410. The number of hydrogen-bond donors (Lipinski definition) is 1. The summed E-state index contributed by atoms with van der Waals surface area (Å²) in [6.07, 6.45) is 3.88. The molecule has 0 fully saturated rings. The molecule has 0 bridgehead atoms. The van der Waals surface area contributed by atoms with Gasteiger partial charge in [0, 0.05) is 29.2 Å². The van der Waals surface area contributed by atoms with Gasteiger partial charge in [-0.3, -0.25) is 4.79 Å². The molecule has 0 spiro atoms. The largest absolute Gasteiger partial charge is 0.346 e. The van der Waals surface area contributed by atoms with Crippen LogP contribution in [0.2, 0.25) is 0 Å². The monoisotopic (exact) mass is 368 g/mol. The Balaban J connectivity index is 1.89. The first kappa shape index (κ1) is 18.9. The number of fused-ring (bicyclic) bond motifs is 1. The molecule has 1 amide bonds. The lowest BCUT2D eigenvalue weighted by atomic mass is 10.1. The molecule has 0 radical (unpaired) electrons. The molecule has 28 heavy (non-hydrogen) atoms. The third-order valence-corrected chi connectivity index (χ3v) is 4.60. The molecule has 1 aromatic heterocycles. The number of carbonyl (C=O) groups excluding carboxylic acids is 1. The van der Waals surface area contributed by atoms with Crippen molar-refractivity contribution < 1.29 is 4.79 Å². The zero-order chi connectivity index (χ0) is 19.9. The van der Waals surface area contributed by atoms with E-state index in [0.29, 0.717) is 13.0 Å². The summed E-state index contributed by atoms with van der Waals surface area (Å²) in [6, 6.07) is 21.3. The van der Waals surface area contributed by atoms with Crippen molar-refractivity contribution in [1.82, 2.24) is 9.88 Å². The number of amides is 1. The van der Waals surface area contributed by atoms with Gasteiger partial charge in [-0.1, -0.05) is 48.5 Å². The normalized spacial score (nSPS) is 12.2. The maximum Gasteiger partial charge on any atom is 0.262 e. The molecule has 0 unspecified atom stereocenters. The third kappa shape index (κ3) is 4.11. The van der Waals surface area contributed by atoms with E-state index in [0.717, 1.165) is 22.0 Å². The van der Waals surface area contributed by atoms with E-state index in [9.17, 15) is 10.1 Å². The van der Waals surface area contributed by atoms with Gasteiger partial charge in [0.05, 0.1) is 18.5 Å². The summed E-state index contributed by atoms with van der Waals surface area (Å²) in [4.78, 5) is 12.6. The number of hydrogen-bond acceptors (Lipinski definition) is 3. The molecule has 0 aliphatic carbocycles. The summed E-state index contributed by atoms with van der Waals surface area (Å²) in [7, 11) is 0. The fraction of sp³-hybridized carbons (Fsp3) is 0.174. The minimum Gasteiger partial charge on any atom is -0.346 e. The van der Waals surface area contributed by atoms with Gasteiger partial charge in [-0.2, -0.15) is 10.5 Å². The number of aromatic nitrogens is 1. The van der Waals surface area contributed by atoms with Gasteiger partial charge in [0.25, 0.3) is 5.91 Å². The van der Waals surface area contributed by atoms with Crippen molar-refractivity contribution >= 4 is 22.9 Å². The van der Waals surface area contributed by atoms with E-state index >= 15 is 0 Å². The van der Waals surface area contributed by atoms with Crippen LogP contribution in [0, 0.1) is 22.7 Å². The van der Waals surface area contributed by atoms with E-state index in [2.05, 4.69) is 11.4 Å². The quantitative estimate of drug-likeness (QED) is 0.519. The zero-order valence-electron chi connectivity index (χ0n) is 15.6. The Morgan fingerprint density at radius 2 is 1.86 bits per heavy atom. The molecule has 138 valence electrons. The highest BCUT2D eigenvalue weighted by Gasteiger charge is 2.15. The molecule has 5 heteroatoms. The number of para-hydroxylation sites is 1. The molecule has 5 nitrogen and oxygen atoms in total. The van der Waals surface area contributed by atoms with E-state index in [4.69, 9.17) is 5.26 Å². The van der Waals surface area contributed by atoms with Gasteiger partial charge in [-0.25, -0.2) is 0 Å². The van der Waals surface area contributed by atoms with Crippen LogP contribution in [0.4, 0.5) is 0 Å². The van der Waals surface area contributed by atoms with Crippen LogP contribution in [-0.4, -0.2) is 10.5 Å².